The Morgan fingerprint density at radius 3 is 2.56 bits per heavy atom. The third kappa shape index (κ3) is 3.73. The molecular formula is C30H32F2N6O. The van der Waals surface area contributed by atoms with Gasteiger partial charge in [-0.1, -0.05) is 12.1 Å². The van der Waals surface area contributed by atoms with Crippen molar-refractivity contribution in [3.05, 3.63) is 48.2 Å². The van der Waals surface area contributed by atoms with Gasteiger partial charge in [0.1, 0.15) is 23.8 Å². The summed E-state index contributed by atoms with van der Waals surface area (Å²) in [5.74, 6) is -0.148. The van der Waals surface area contributed by atoms with Gasteiger partial charge in [0.15, 0.2) is 5.82 Å². The molecule has 2 aromatic heterocycles. The van der Waals surface area contributed by atoms with Gasteiger partial charge in [0.25, 0.3) is 0 Å². The van der Waals surface area contributed by atoms with E-state index in [4.69, 9.17) is 9.72 Å². The average Bonchev–Trinajstić information content (AvgIpc) is 3.71. The number of fused-ring (bicyclic) bond motifs is 5. The molecule has 4 aliphatic heterocycles. The largest absolute Gasteiger partial charge is 0.461 e. The van der Waals surface area contributed by atoms with Gasteiger partial charge < -0.3 is 19.9 Å². The fourth-order valence-corrected chi connectivity index (χ4v) is 7.62. The zero-order valence-electron chi connectivity index (χ0n) is 21.9. The van der Waals surface area contributed by atoms with Crippen molar-refractivity contribution in [2.24, 2.45) is 0 Å². The zero-order valence-corrected chi connectivity index (χ0v) is 21.9. The van der Waals surface area contributed by atoms with Gasteiger partial charge in [-0.15, -0.1) is 0 Å². The number of anilines is 1. The van der Waals surface area contributed by atoms with Crippen molar-refractivity contribution in [1.82, 2.24) is 25.2 Å². The second kappa shape index (κ2) is 8.86. The number of nitrogens with one attached hydrogen (secondary N) is 2. The first-order valence-corrected chi connectivity index (χ1v) is 14.2. The number of rotatable bonds is 5. The Bertz CT molecular complexity index is 1570. The topological polar surface area (TPSA) is 69.3 Å². The maximum Gasteiger partial charge on any atom is 0.319 e. The molecule has 2 atom stereocenters. The molecule has 2 N–H and O–H groups in total. The number of benzene rings is 2. The fourth-order valence-electron chi connectivity index (χ4n) is 7.62. The smallest absolute Gasteiger partial charge is 0.319 e. The second-order valence-electron chi connectivity index (χ2n) is 11.8. The van der Waals surface area contributed by atoms with E-state index in [1.54, 1.807) is 24.4 Å². The van der Waals surface area contributed by atoms with Gasteiger partial charge in [0.05, 0.1) is 5.54 Å². The van der Waals surface area contributed by atoms with Crippen LogP contribution in [-0.2, 0) is 0 Å². The minimum absolute atomic E-state index is 0.0363. The third-order valence-corrected chi connectivity index (χ3v) is 9.51. The molecule has 7 nitrogen and oxygen atoms in total. The summed E-state index contributed by atoms with van der Waals surface area (Å²) in [5, 5.41) is 4.70. The molecule has 9 heteroatoms. The van der Waals surface area contributed by atoms with Crippen molar-refractivity contribution in [3.63, 3.8) is 0 Å². The van der Waals surface area contributed by atoms with Gasteiger partial charge in [-0.2, -0.15) is 9.97 Å². The molecule has 0 amide bonds. The highest BCUT2D eigenvalue weighted by Crippen LogP contribution is 2.41. The third-order valence-electron chi connectivity index (χ3n) is 9.51. The van der Waals surface area contributed by atoms with Crippen molar-refractivity contribution in [2.45, 2.75) is 56.1 Å². The highest BCUT2D eigenvalue weighted by Gasteiger charge is 2.45. The van der Waals surface area contributed by atoms with Gasteiger partial charge >= 0.3 is 6.01 Å². The molecular weight excluding hydrogens is 498 g/mol. The Morgan fingerprint density at radius 2 is 1.77 bits per heavy atom. The lowest BCUT2D eigenvalue weighted by Gasteiger charge is -2.34. The molecule has 2 unspecified atom stereocenters. The Hall–Kier alpha value is -3.30. The summed E-state index contributed by atoms with van der Waals surface area (Å²) >= 11 is 0. The lowest BCUT2D eigenvalue weighted by molar-refractivity contribution is 0.108. The Balaban J connectivity index is 1.24. The van der Waals surface area contributed by atoms with Gasteiger partial charge in [0.2, 0.25) is 0 Å². The number of piperazine rings is 1. The van der Waals surface area contributed by atoms with Gasteiger partial charge in [0, 0.05) is 58.8 Å². The second-order valence-corrected chi connectivity index (χ2v) is 11.8. The highest BCUT2D eigenvalue weighted by atomic mass is 19.1. The molecule has 6 heterocycles. The predicted molar refractivity (Wildman–Crippen MR) is 147 cm³/mol. The minimum atomic E-state index is -0.482. The minimum Gasteiger partial charge on any atom is -0.461 e. The number of H-pyrrole nitrogens is 1. The fraction of sp³-hybridized carbons (Fsp3) is 0.467. The number of hydrogen-bond acceptors (Lipinski definition) is 6. The van der Waals surface area contributed by atoms with E-state index in [2.05, 4.69) is 25.1 Å². The van der Waals surface area contributed by atoms with Crippen LogP contribution in [0.1, 0.15) is 38.5 Å². The number of ether oxygens (including phenoxy) is 1. The van der Waals surface area contributed by atoms with E-state index >= 15 is 4.39 Å². The van der Waals surface area contributed by atoms with Crippen LogP contribution in [0, 0.1) is 11.6 Å². The quantitative estimate of drug-likeness (QED) is 0.378. The first-order valence-electron chi connectivity index (χ1n) is 14.2. The number of aromatic amines is 1. The molecule has 2 bridgehead atoms. The number of aromatic nitrogens is 3. The Labute approximate surface area is 225 Å². The summed E-state index contributed by atoms with van der Waals surface area (Å²) in [5.41, 5.74) is 1.68. The van der Waals surface area contributed by atoms with E-state index in [0.29, 0.717) is 46.1 Å². The van der Waals surface area contributed by atoms with Crippen molar-refractivity contribution in [1.29, 1.82) is 0 Å². The maximum atomic E-state index is 16.4. The standard InChI is InChI=1S/C30H32F2N6O/c31-23-4-1-5-24-25(23)22(14-33-24)20-8-9-21-27(26(20)32)35-29(39-17-30-10-2-12-38(30)13-3-11-30)36-28(21)37-15-18-6-7-19(16-37)34-18/h1,4-5,8-9,14,18-19,33-34H,2-3,6-7,10-13,15-17H2. The van der Waals surface area contributed by atoms with Crippen molar-refractivity contribution in [3.8, 4) is 17.1 Å². The van der Waals surface area contributed by atoms with Gasteiger partial charge in [-0.25, -0.2) is 8.78 Å². The van der Waals surface area contributed by atoms with Gasteiger partial charge in [-0.3, -0.25) is 4.90 Å². The van der Waals surface area contributed by atoms with Crippen LogP contribution >= 0.6 is 0 Å². The molecule has 202 valence electrons. The first kappa shape index (κ1) is 23.6. The lowest BCUT2D eigenvalue weighted by Crippen LogP contribution is -2.51. The van der Waals surface area contributed by atoms with E-state index < -0.39 is 5.82 Å². The van der Waals surface area contributed by atoms with E-state index in [0.717, 1.165) is 57.7 Å². The summed E-state index contributed by atoms with van der Waals surface area (Å²) in [6.45, 7) is 4.36. The summed E-state index contributed by atoms with van der Waals surface area (Å²) in [6.07, 6.45) is 8.51. The monoisotopic (exact) mass is 530 g/mol. The van der Waals surface area contributed by atoms with Crippen LogP contribution in [0.2, 0.25) is 0 Å². The predicted octanol–water partition coefficient (Wildman–Crippen LogP) is 5.00. The van der Waals surface area contributed by atoms with Crippen LogP contribution in [0.4, 0.5) is 14.6 Å². The van der Waals surface area contributed by atoms with E-state index in [-0.39, 0.29) is 22.9 Å². The molecule has 0 aliphatic carbocycles. The maximum absolute atomic E-state index is 16.4. The SMILES string of the molecule is Fc1c(-c2c[nH]c3cccc(F)c23)ccc2c(N3CC4CCC(C3)N4)nc(OCC34CCCN3CCC4)nc12. The zero-order chi connectivity index (χ0) is 26.1. The summed E-state index contributed by atoms with van der Waals surface area (Å²) < 4.78 is 37.6. The van der Waals surface area contributed by atoms with Crippen LogP contribution in [0.15, 0.2) is 36.5 Å². The molecule has 4 fully saturated rings. The van der Waals surface area contributed by atoms with Crippen molar-refractivity contribution in [2.75, 3.05) is 37.7 Å². The van der Waals surface area contributed by atoms with Crippen LogP contribution in [0.5, 0.6) is 6.01 Å². The highest BCUT2D eigenvalue weighted by molar-refractivity contribution is 6.00. The Morgan fingerprint density at radius 1 is 0.974 bits per heavy atom. The molecule has 8 rings (SSSR count). The molecule has 4 saturated heterocycles. The molecule has 2 aromatic carbocycles. The van der Waals surface area contributed by atoms with Crippen LogP contribution in [0.25, 0.3) is 32.9 Å². The molecule has 0 spiro atoms. The van der Waals surface area contributed by atoms with Crippen LogP contribution in [-0.4, -0.2) is 70.3 Å². The number of nitrogens with zero attached hydrogens (tertiary/aromatic N) is 4. The molecule has 4 aliphatic rings. The summed E-state index contributed by atoms with van der Waals surface area (Å²) in [6, 6.07) is 9.47. The van der Waals surface area contributed by atoms with E-state index in [1.807, 2.05) is 6.07 Å². The summed E-state index contributed by atoms with van der Waals surface area (Å²) in [7, 11) is 0. The van der Waals surface area contributed by atoms with E-state index in [1.165, 1.54) is 18.9 Å². The Kier molecular flexibility index (Phi) is 5.35. The summed E-state index contributed by atoms with van der Waals surface area (Å²) in [4.78, 5) is 17.4. The molecule has 4 aromatic rings. The van der Waals surface area contributed by atoms with Crippen LogP contribution in [0.3, 0.4) is 0 Å². The average molecular weight is 531 g/mol. The molecule has 0 radical (unpaired) electrons. The van der Waals surface area contributed by atoms with Crippen molar-refractivity contribution < 1.29 is 13.5 Å². The van der Waals surface area contributed by atoms with Gasteiger partial charge in [-0.05, 0) is 69.8 Å². The number of hydrogen-bond donors (Lipinski definition) is 2. The molecule has 0 saturated carbocycles. The normalized spacial score (nSPS) is 24.2. The first-order chi connectivity index (χ1) is 19.1. The lowest BCUT2D eigenvalue weighted by atomic mass is 9.95. The number of halogens is 2. The van der Waals surface area contributed by atoms with E-state index in [9.17, 15) is 4.39 Å². The molecule has 39 heavy (non-hydrogen) atoms. The van der Waals surface area contributed by atoms with Crippen LogP contribution < -0.4 is 15.0 Å². The van der Waals surface area contributed by atoms with Crippen molar-refractivity contribution >= 4 is 27.6 Å².